The molecule has 0 aliphatic heterocycles. The summed E-state index contributed by atoms with van der Waals surface area (Å²) < 4.78 is 5.00. The molecule has 1 amide bonds. The van der Waals surface area contributed by atoms with Gasteiger partial charge in [0.05, 0.1) is 6.10 Å². The topological polar surface area (TPSA) is 58.6 Å². The van der Waals surface area contributed by atoms with Crippen LogP contribution in [-0.2, 0) is 4.74 Å². The molecule has 2 N–H and O–H groups in total. The molecule has 0 aromatic carbocycles. The Balaban J connectivity index is 2.38. The first kappa shape index (κ1) is 10.3. The summed E-state index contributed by atoms with van der Waals surface area (Å²) in [5, 5.41) is 12.0. The van der Waals surface area contributed by atoms with E-state index in [0.29, 0.717) is 5.92 Å². The summed E-state index contributed by atoms with van der Waals surface area (Å²) in [5.41, 5.74) is 0. The van der Waals surface area contributed by atoms with Crippen LogP contribution in [0.4, 0.5) is 4.79 Å². The molecule has 0 aromatic rings. The predicted molar refractivity (Wildman–Crippen MR) is 48.4 cm³/mol. The maximum absolute atomic E-state index is 10.9. The largest absolute Gasteiger partial charge is 0.443 e. The first-order chi connectivity index (χ1) is 6.13. The highest BCUT2D eigenvalue weighted by Gasteiger charge is 2.29. The standard InChI is InChI=1S/C9H17NO3/c1-6-3-4-8(7(11)5-6)13-9(12)10-2/h6-8,11H,3-5H2,1-2H3,(H,10,12). The van der Waals surface area contributed by atoms with E-state index in [1.54, 1.807) is 0 Å². The SMILES string of the molecule is CNC(=O)OC1CCC(C)CC1O. The van der Waals surface area contributed by atoms with Crippen LogP contribution in [0.2, 0.25) is 0 Å². The molecular formula is C9H17NO3. The van der Waals surface area contributed by atoms with Crippen LogP contribution in [-0.4, -0.2) is 30.5 Å². The molecule has 3 unspecified atom stereocenters. The summed E-state index contributed by atoms with van der Waals surface area (Å²) in [6, 6.07) is 0. The summed E-state index contributed by atoms with van der Waals surface area (Å²) in [6.07, 6.45) is 1.21. The summed E-state index contributed by atoms with van der Waals surface area (Å²) in [7, 11) is 1.51. The number of alkyl carbamates (subject to hydrolysis) is 1. The van der Waals surface area contributed by atoms with E-state index in [1.165, 1.54) is 7.05 Å². The number of amides is 1. The molecule has 76 valence electrons. The van der Waals surface area contributed by atoms with Gasteiger partial charge in [-0.1, -0.05) is 6.92 Å². The molecule has 0 spiro atoms. The highest BCUT2D eigenvalue weighted by Crippen LogP contribution is 2.25. The Bertz CT molecular complexity index is 184. The van der Waals surface area contributed by atoms with E-state index in [2.05, 4.69) is 12.2 Å². The first-order valence-electron chi connectivity index (χ1n) is 4.70. The molecule has 13 heavy (non-hydrogen) atoms. The van der Waals surface area contributed by atoms with Gasteiger partial charge in [0.25, 0.3) is 0 Å². The van der Waals surface area contributed by atoms with Crippen LogP contribution < -0.4 is 5.32 Å². The minimum Gasteiger partial charge on any atom is -0.443 e. The van der Waals surface area contributed by atoms with Gasteiger partial charge in [-0.05, 0) is 25.2 Å². The molecule has 0 aromatic heterocycles. The van der Waals surface area contributed by atoms with Gasteiger partial charge in [-0.25, -0.2) is 4.79 Å². The van der Waals surface area contributed by atoms with Crippen LogP contribution in [0, 0.1) is 5.92 Å². The molecule has 0 bridgehead atoms. The Morgan fingerprint density at radius 1 is 1.54 bits per heavy atom. The lowest BCUT2D eigenvalue weighted by Crippen LogP contribution is -2.38. The molecule has 4 heteroatoms. The lowest BCUT2D eigenvalue weighted by molar-refractivity contribution is -0.0324. The van der Waals surface area contributed by atoms with E-state index in [0.717, 1.165) is 19.3 Å². The lowest BCUT2D eigenvalue weighted by atomic mass is 9.87. The third-order valence-corrected chi connectivity index (χ3v) is 2.48. The van der Waals surface area contributed by atoms with Crippen molar-refractivity contribution in [2.45, 2.75) is 38.4 Å². The quantitative estimate of drug-likeness (QED) is 0.641. The van der Waals surface area contributed by atoms with Gasteiger partial charge in [0.2, 0.25) is 0 Å². The van der Waals surface area contributed by atoms with Gasteiger partial charge in [0.1, 0.15) is 6.10 Å². The van der Waals surface area contributed by atoms with Crippen molar-refractivity contribution in [1.29, 1.82) is 0 Å². The number of nitrogens with one attached hydrogen (secondary N) is 1. The molecule has 1 aliphatic carbocycles. The Morgan fingerprint density at radius 2 is 2.23 bits per heavy atom. The molecule has 3 atom stereocenters. The number of ether oxygens (including phenoxy) is 1. The smallest absolute Gasteiger partial charge is 0.407 e. The second kappa shape index (κ2) is 4.46. The number of rotatable bonds is 1. The zero-order chi connectivity index (χ0) is 9.84. The molecule has 0 heterocycles. The zero-order valence-electron chi connectivity index (χ0n) is 8.12. The maximum atomic E-state index is 10.9. The van der Waals surface area contributed by atoms with E-state index in [1.807, 2.05) is 0 Å². The van der Waals surface area contributed by atoms with E-state index in [9.17, 15) is 9.90 Å². The van der Waals surface area contributed by atoms with Crippen LogP contribution in [0.1, 0.15) is 26.2 Å². The normalized spacial score (nSPS) is 33.9. The average Bonchev–Trinajstić information content (AvgIpc) is 2.09. The fraction of sp³-hybridized carbons (Fsp3) is 0.889. The van der Waals surface area contributed by atoms with Crippen LogP contribution in [0.25, 0.3) is 0 Å². The fourth-order valence-corrected chi connectivity index (χ4v) is 1.66. The van der Waals surface area contributed by atoms with Gasteiger partial charge in [-0.2, -0.15) is 0 Å². The number of carbonyl (C=O) groups excluding carboxylic acids is 1. The molecule has 1 fully saturated rings. The van der Waals surface area contributed by atoms with Crippen molar-refractivity contribution in [2.75, 3.05) is 7.05 Å². The van der Waals surface area contributed by atoms with Crippen molar-refractivity contribution in [3.8, 4) is 0 Å². The molecule has 4 nitrogen and oxygen atoms in total. The summed E-state index contributed by atoms with van der Waals surface area (Å²) in [5.74, 6) is 0.527. The second-order valence-corrected chi connectivity index (χ2v) is 3.68. The van der Waals surface area contributed by atoms with Gasteiger partial charge < -0.3 is 15.2 Å². The Morgan fingerprint density at radius 3 is 2.77 bits per heavy atom. The van der Waals surface area contributed by atoms with E-state index in [-0.39, 0.29) is 6.10 Å². The summed E-state index contributed by atoms with van der Waals surface area (Å²) in [6.45, 7) is 2.10. The van der Waals surface area contributed by atoms with E-state index < -0.39 is 12.2 Å². The highest BCUT2D eigenvalue weighted by molar-refractivity contribution is 5.66. The Kier molecular flexibility index (Phi) is 3.54. The van der Waals surface area contributed by atoms with E-state index >= 15 is 0 Å². The monoisotopic (exact) mass is 187 g/mol. The van der Waals surface area contributed by atoms with Crippen LogP contribution in [0.3, 0.4) is 0 Å². The van der Waals surface area contributed by atoms with Crippen LogP contribution in [0.5, 0.6) is 0 Å². The van der Waals surface area contributed by atoms with Crippen molar-refractivity contribution < 1.29 is 14.6 Å². The number of hydrogen-bond acceptors (Lipinski definition) is 3. The predicted octanol–water partition coefficient (Wildman–Crippen LogP) is 0.892. The molecule has 1 rings (SSSR count). The molecule has 1 saturated carbocycles. The van der Waals surface area contributed by atoms with Crippen molar-refractivity contribution in [2.24, 2.45) is 5.92 Å². The second-order valence-electron chi connectivity index (χ2n) is 3.68. The Labute approximate surface area is 78.3 Å². The number of carbonyl (C=O) groups is 1. The molecule has 0 saturated heterocycles. The molecule has 1 aliphatic rings. The Hall–Kier alpha value is -0.770. The lowest BCUT2D eigenvalue weighted by Gasteiger charge is -2.30. The molecular weight excluding hydrogens is 170 g/mol. The van der Waals surface area contributed by atoms with Gasteiger partial charge >= 0.3 is 6.09 Å². The third-order valence-electron chi connectivity index (χ3n) is 2.48. The van der Waals surface area contributed by atoms with Crippen molar-refractivity contribution in [1.82, 2.24) is 5.32 Å². The minimum absolute atomic E-state index is 0.323. The van der Waals surface area contributed by atoms with Crippen molar-refractivity contribution in [3.05, 3.63) is 0 Å². The van der Waals surface area contributed by atoms with Crippen LogP contribution in [0.15, 0.2) is 0 Å². The number of aliphatic hydroxyl groups excluding tert-OH is 1. The van der Waals surface area contributed by atoms with Gasteiger partial charge in [-0.15, -0.1) is 0 Å². The van der Waals surface area contributed by atoms with Gasteiger partial charge in [0, 0.05) is 7.05 Å². The zero-order valence-corrected chi connectivity index (χ0v) is 8.12. The van der Waals surface area contributed by atoms with E-state index in [4.69, 9.17) is 4.74 Å². The molecule has 0 radical (unpaired) electrons. The minimum atomic E-state index is -0.499. The first-order valence-corrected chi connectivity index (χ1v) is 4.70. The number of hydrogen-bond donors (Lipinski definition) is 2. The van der Waals surface area contributed by atoms with Crippen molar-refractivity contribution in [3.63, 3.8) is 0 Å². The summed E-state index contributed by atoms with van der Waals surface area (Å²) >= 11 is 0. The van der Waals surface area contributed by atoms with Gasteiger partial charge in [0.15, 0.2) is 0 Å². The average molecular weight is 187 g/mol. The van der Waals surface area contributed by atoms with Crippen molar-refractivity contribution >= 4 is 6.09 Å². The van der Waals surface area contributed by atoms with Crippen LogP contribution >= 0.6 is 0 Å². The van der Waals surface area contributed by atoms with Gasteiger partial charge in [-0.3, -0.25) is 0 Å². The number of aliphatic hydroxyl groups is 1. The maximum Gasteiger partial charge on any atom is 0.407 e. The third kappa shape index (κ3) is 2.88. The summed E-state index contributed by atoms with van der Waals surface area (Å²) in [4.78, 5) is 10.9. The fourth-order valence-electron chi connectivity index (χ4n) is 1.66. The highest BCUT2D eigenvalue weighted by atomic mass is 16.6.